The van der Waals surface area contributed by atoms with E-state index in [1.165, 1.54) is 5.56 Å². The summed E-state index contributed by atoms with van der Waals surface area (Å²) in [5.41, 5.74) is 1.71. The maximum Gasteiger partial charge on any atom is 0.321 e. The minimum Gasteiger partial charge on any atom is -0.374 e. The van der Waals surface area contributed by atoms with Crippen LogP contribution >= 0.6 is 0 Å². The number of carbonyl (C=O) groups excluding carboxylic acids is 2. The minimum absolute atomic E-state index is 0.365. The molecule has 5 heteroatoms. The van der Waals surface area contributed by atoms with Gasteiger partial charge in [0.15, 0.2) is 0 Å². The fourth-order valence-electron chi connectivity index (χ4n) is 1.74. The lowest BCUT2D eigenvalue weighted by molar-refractivity contribution is -0.120. The van der Waals surface area contributed by atoms with E-state index in [-0.39, 0.29) is 11.4 Å². The molecule has 0 fully saturated rings. The molecule has 5 nitrogen and oxygen atoms in total. The number of imide groups is 1. The number of carbonyl (C=O) groups is 2. The molecule has 3 N–H and O–H groups in total. The lowest BCUT2D eigenvalue weighted by Gasteiger charge is -2.21. The molecule has 116 valence electrons. The van der Waals surface area contributed by atoms with Gasteiger partial charge in [-0.25, -0.2) is 4.79 Å². The van der Waals surface area contributed by atoms with Crippen molar-refractivity contribution in [1.82, 2.24) is 10.6 Å². The highest BCUT2D eigenvalue weighted by Crippen LogP contribution is 2.11. The Morgan fingerprint density at radius 2 is 1.71 bits per heavy atom. The summed E-state index contributed by atoms with van der Waals surface area (Å²) in [5, 5.41) is 8.08. The summed E-state index contributed by atoms with van der Waals surface area (Å²) in [4.78, 5) is 23.6. The number of amides is 3. The Kier molecular flexibility index (Phi) is 5.76. The van der Waals surface area contributed by atoms with Crippen molar-refractivity contribution >= 4 is 17.6 Å². The number of benzene rings is 1. The van der Waals surface area contributed by atoms with Gasteiger partial charge in [-0.1, -0.05) is 19.1 Å². The van der Waals surface area contributed by atoms with Crippen LogP contribution in [0.3, 0.4) is 0 Å². The van der Waals surface area contributed by atoms with Crippen LogP contribution in [0.4, 0.5) is 10.5 Å². The molecule has 0 radical (unpaired) electrons. The second-order valence-corrected chi connectivity index (χ2v) is 6.11. The smallest absolute Gasteiger partial charge is 0.321 e. The standard InChI is InChI=1S/C16H25N3O2/c1-6-12-7-9-13(10-8-12)17-11(2)14(20)18-15(21)19-16(3,4)5/h7-11,17H,6H2,1-5H3,(H2,18,19,20,21). The van der Waals surface area contributed by atoms with Gasteiger partial charge in [-0.2, -0.15) is 0 Å². The molecule has 1 unspecified atom stereocenters. The van der Waals surface area contributed by atoms with Gasteiger partial charge in [-0.15, -0.1) is 0 Å². The van der Waals surface area contributed by atoms with Crippen LogP contribution in [0, 0.1) is 0 Å². The maximum absolute atomic E-state index is 11.9. The average molecular weight is 291 g/mol. The Labute approximate surface area is 126 Å². The van der Waals surface area contributed by atoms with E-state index >= 15 is 0 Å². The number of hydrogen-bond acceptors (Lipinski definition) is 3. The van der Waals surface area contributed by atoms with Gasteiger partial charge in [0.2, 0.25) is 5.91 Å². The van der Waals surface area contributed by atoms with E-state index in [2.05, 4.69) is 22.9 Å². The highest BCUT2D eigenvalue weighted by molar-refractivity contribution is 5.98. The molecular formula is C16H25N3O2. The number of anilines is 1. The Bertz CT molecular complexity index is 489. The lowest BCUT2D eigenvalue weighted by Crippen LogP contribution is -2.51. The Balaban J connectivity index is 2.52. The predicted molar refractivity (Wildman–Crippen MR) is 85.3 cm³/mol. The maximum atomic E-state index is 11.9. The first kappa shape index (κ1) is 17.0. The molecule has 0 heterocycles. The molecule has 0 spiro atoms. The predicted octanol–water partition coefficient (Wildman–Crippen LogP) is 2.67. The summed E-state index contributed by atoms with van der Waals surface area (Å²) in [6.45, 7) is 9.37. The van der Waals surface area contributed by atoms with E-state index in [0.717, 1.165) is 12.1 Å². The fraction of sp³-hybridized carbons (Fsp3) is 0.500. The van der Waals surface area contributed by atoms with E-state index in [0.29, 0.717) is 0 Å². The highest BCUT2D eigenvalue weighted by atomic mass is 16.2. The highest BCUT2D eigenvalue weighted by Gasteiger charge is 2.19. The second-order valence-electron chi connectivity index (χ2n) is 6.11. The van der Waals surface area contributed by atoms with Crippen molar-refractivity contribution in [3.63, 3.8) is 0 Å². The molecule has 0 saturated carbocycles. The van der Waals surface area contributed by atoms with Gasteiger partial charge in [-0.05, 0) is 51.8 Å². The first-order valence-corrected chi connectivity index (χ1v) is 7.19. The first-order valence-electron chi connectivity index (χ1n) is 7.19. The zero-order valence-corrected chi connectivity index (χ0v) is 13.4. The van der Waals surface area contributed by atoms with Gasteiger partial charge in [0, 0.05) is 11.2 Å². The van der Waals surface area contributed by atoms with Gasteiger partial charge in [0.25, 0.3) is 0 Å². The van der Waals surface area contributed by atoms with Gasteiger partial charge in [0.05, 0.1) is 0 Å². The van der Waals surface area contributed by atoms with Crippen LogP contribution < -0.4 is 16.0 Å². The molecule has 0 aliphatic heterocycles. The second kappa shape index (κ2) is 7.11. The molecule has 1 atom stereocenters. The summed E-state index contributed by atoms with van der Waals surface area (Å²) >= 11 is 0. The first-order chi connectivity index (χ1) is 9.71. The fourth-order valence-corrected chi connectivity index (χ4v) is 1.74. The average Bonchev–Trinajstić information content (AvgIpc) is 2.37. The third-order valence-corrected chi connectivity index (χ3v) is 2.86. The molecule has 21 heavy (non-hydrogen) atoms. The Morgan fingerprint density at radius 3 is 2.19 bits per heavy atom. The van der Waals surface area contributed by atoms with Crippen molar-refractivity contribution in [3.8, 4) is 0 Å². The minimum atomic E-state index is -0.497. The largest absolute Gasteiger partial charge is 0.374 e. The van der Waals surface area contributed by atoms with Crippen molar-refractivity contribution in [2.24, 2.45) is 0 Å². The summed E-state index contributed by atoms with van der Waals surface area (Å²) in [5.74, 6) is -0.365. The van der Waals surface area contributed by atoms with Crippen molar-refractivity contribution in [1.29, 1.82) is 0 Å². The topological polar surface area (TPSA) is 70.2 Å². The Hall–Kier alpha value is -2.04. The third-order valence-electron chi connectivity index (χ3n) is 2.86. The molecule has 0 aromatic heterocycles. The Morgan fingerprint density at radius 1 is 1.14 bits per heavy atom. The number of hydrogen-bond donors (Lipinski definition) is 3. The van der Waals surface area contributed by atoms with Crippen LogP contribution in [-0.4, -0.2) is 23.5 Å². The van der Waals surface area contributed by atoms with E-state index in [1.54, 1.807) is 6.92 Å². The molecule has 0 saturated heterocycles. The number of rotatable bonds is 4. The third kappa shape index (κ3) is 6.29. The van der Waals surface area contributed by atoms with Crippen molar-refractivity contribution < 1.29 is 9.59 Å². The molecule has 0 bridgehead atoms. The molecule has 0 aliphatic carbocycles. The monoisotopic (exact) mass is 291 g/mol. The summed E-state index contributed by atoms with van der Waals surface area (Å²) < 4.78 is 0. The zero-order chi connectivity index (χ0) is 16.0. The zero-order valence-electron chi connectivity index (χ0n) is 13.4. The van der Waals surface area contributed by atoms with Gasteiger partial charge >= 0.3 is 6.03 Å². The summed E-state index contributed by atoms with van der Waals surface area (Å²) in [7, 11) is 0. The number of nitrogens with one attached hydrogen (secondary N) is 3. The SMILES string of the molecule is CCc1ccc(NC(C)C(=O)NC(=O)NC(C)(C)C)cc1. The van der Waals surface area contributed by atoms with Crippen molar-refractivity contribution in [2.75, 3.05) is 5.32 Å². The van der Waals surface area contributed by atoms with Gasteiger partial charge < -0.3 is 10.6 Å². The van der Waals surface area contributed by atoms with Crippen LogP contribution in [0.25, 0.3) is 0 Å². The van der Waals surface area contributed by atoms with E-state index in [4.69, 9.17) is 0 Å². The van der Waals surface area contributed by atoms with Crippen molar-refractivity contribution in [3.05, 3.63) is 29.8 Å². The van der Waals surface area contributed by atoms with Crippen molar-refractivity contribution in [2.45, 2.75) is 52.6 Å². The van der Waals surface area contributed by atoms with E-state index in [1.807, 2.05) is 45.0 Å². The van der Waals surface area contributed by atoms with Crippen LogP contribution in [0.15, 0.2) is 24.3 Å². The van der Waals surface area contributed by atoms with Crippen LogP contribution in [-0.2, 0) is 11.2 Å². The summed E-state index contributed by atoms with van der Waals surface area (Å²) in [6.07, 6.45) is 0.975. The molecule has 1 aromatic rings. The quantitative estimate of drug-likeness (QED) is 0.798. The number of urea groups is 1. The van der Waals surface area contributed by atoms with Gasteiger partial charge in [0.1, 0.15) is 6.04 Å². The molecule has 1 rings (SSSR count). The number of aryl methyl sites for hydroxylation is 1. The van der Waals surface area contributed by atoms with Crippen LogP contribution in [0.1, 0.15) is 40.2 Å². The lowest BCUT2D eigenvalue weighted by atomic mass is 10.1. The summed E-state index contributed by atoms with van der Waals surface area (Å²) in [6, 6.07) is 6.90. The molecule has 0 aliphatic rings. The molecular weight excluding hydrogens is 266 g/mol. The van der Waals surface area contributed by atoms with E-state index in [9.17, 15) is 9.59 Å². The molecule has 3 amide bonds. The van der Waals surface area contributed by atoms with Gasteiger partial charge in [-0.3, -0.25) is 10.1 Å². The normalized spacial score (nSPS) is 12.4. The van der Waals surface area contributed by atoms with Crippen LogP contribution in [0.5, 0.6) is 0 Å². The molecule has 1 aromatic carbocycles. The van der Waals surface area contributed by atoms with E-state index < -0.39 is 12.1 Å². The van der Waals surface area contributed by atoms with Crippen LogP contribution in [0.2, 0.25) is 0 Å².